The number of benzene rings is 1. The number of hydrogen-bond donors (Lipinski definition) is 1. The lowest BCUT2D eigenvalue weighted by Gasteiger charge is -2.12. The quantitative estimate of drug-likeness (QED) is 0.444. The molecular weight excluding hydrogens is 203 g/mol. The Morgan fingerprint density at radius 2 is 1.64 bits per heavy atom. The van der Waals surface area contributed by atoms with Crippen molar-refractivity contribution in [2.24, 2.45) is 0 Å². The Balaban J connectivity index is 3.13. The molecule has 0 heterocycles. The molecule has 1 atom stereocenters. The van der Waals surface area contributed by atoms with Gasteiger partial charge in [-0.1, -0.05) is 18.2 Å². The third-order valence-corrected chi connectivity index (χ3v) is 3.90. The first-order valence-corrected chi connectivity index (χ1v) is 5.64. The molecule has 1 N–H and O–H groups in total. The fourth-order valence-corrected chi connectivity index (χ4v) is 2.28. The summed E-state index contributed by atoms with van der Waals surface area (Å²) in [5, 5.41) is 0.115. The number of carbonyl (C=O) groups is 2. The zero-order chi connectivity index (χ0) is 10.6. The zero-order valence-electron chi connectivity index (χ0n) is 7.24. The molecule has 0 saturated heterocycles. The first-order chi connectivity index (χ1) is 6.62. The summed E-state index contributed by atoms with van der Waals surface area (Å²) in [6.07, 6.45) is 0.390. The Hall–Kier alpha value is -1.25. The van der Waals surface area contributed by atoms with Gasteiger partial charge in [-0.05, 0) is 12.1 Å². The second kappa shape index (κ2) is 4.31. The minimum atomic E-state index is -3.89. The van der Waals surface area contributed by atoms with E-state index in [2.05, 4.69) is 0 Å². The van der Waals surface area contributed by atoms with Gasteiger partial charge in [-0.2, -0.15) is 0 Å². The van der Waals surface area contributed by atoms with Crippen molar-refractivity contribution in [3.05, 3.63) is 30.3 Å². The lowest BCUT2D eigenvalue weighted by molar-refractivity contribution is -0.114. The lowest BCUT2D eigenvalue weighted by Crippen LogP contribution is -2.19. The van der Waals surface area contributed by atoms with Gasteiger partial charge in [-0.3, -0.25) is 4.57 Å². The van der Waals surface area contributed by atoms with Crippen LogP contribution in [-0.2, 0) is 14.2 Å². The Bertz CT molecular complexity index is 366. The minimum Gasteiger partial charge on any atom is -0.340 e. The summed E-state index contributed by atoms with van der Waals surface area (Å²) in [7, 11) is -3.89. The van der Waals surface area contributed by atoms with Gasteiger partial charge in [0.05, 0.1) is 0 Å². The summed E-state index contributed by atoms with van der Waals surface area (Å²) < 4.78 is 11.7. The molecule has 5 heteroatoms. The second-order valence-electron chi connectivity index (χ2n) is 2.72. The van der Waals surface area contributed by atoms with Crippen molar-refractivity contribution in [3.8, 4) is 0 Å². The van der Waals surface area contributed by atoms with Gasteiger partial charge in [0.15, 0.2) is 5.66 Å². The van der Waals surface area contributed by atoms with Crippen LogP contribution in [-0.4, -0.2) is 23.1 Å². The molecule has 0 bridgehead atoms. The van der Waals surface area contributed by atoms with E-state index in [1.807, 2.05) is 0 Å². The van der Waals surface area contributed by atoms with Gasteiger partial charge in [0.25, 0.3) is 0 Å². The highest BCUT2D eigenvalue weighted by Gasteiger charge is 2.32. The lowest BCUT2D eigenvalue weighted by atomic mass is 10.4. The van der Waals surface area contributed by atoms with Gasteiger partial charge in [-0.15, -0.1) is 0 Å². The average Bonchev–Trinajstić information content (AvgIpc) is 2.20. The summed E-state index contributed by atoms with van der Waals surface area (Å²) in [6, 6.07) is 7.66. The maximum Gasteiger partial charge on any atom is 0.246 e. The van der Waals surface area contributed by atoms with Crippen LogP contribution in [0.2, 0.25) is 0 Å². The Kier molecular flexibility index (Phi) is 3.33. The molecule has 74 valence electrons. The highest BCUT2D eigenvalue weighted by Crippen LogP contribution is 2.42. The molecular formula is C9H9O4P. The van der Waals surface area contributed by atoms with E-state index in [-0.39, 0.29) is 17.9 Å². The third kappa shape index (κ3) is 1.97. The van der Waals surface area contributed by atoms with Crippen LogP contribution in [0.3, 0.4) is 0 Å². The first kappa shape index (κ1) is 10.8. The van der Waals surface area contributed by atoms with E-state index < -0.39 is 13.0 Å². The van der Waals surface area contributed by atoms with E-state index in [0.717, 1.165) is 0 Å². The SMILES string of the molecule is O=CC(C=O)P(=O)(O)c1ccccc1. The highest BCUT2D eigenvalue weighted by molar-refractivity contribution is 7.68. The summed E-state index contributed by atoms with van der Waals surface area (Å²) in [5.41, 5.74) is -1.47. The van der Waals surface area contributed by atoms with Crippen LogP contribution in [0, 0.1) is 0 Å². The smallest absolute Gasteiger partial charge is 0.246 e. The molecule has 0 aliphatic heterocycles. The predicted octanol–water partition coefficient (Wildman–Crippen LogP) is 0.349. The van der Waals surface area contributed by atoms with Crippen LogP contribution in [0.5, 0.6) is 0 Å². The van der Waals surface area contributed by atoms with E-state index in [1.54, 1.807) is 18.2 Å². The van der Waals surface area contributed by atoms with Crippen LogP contribution in [0.25, 0.3) is 0 Å². The Morgan fingerprint density at radius 3 is 2.07 bits per heavy atom. The minimum absolute atomic E-state index is 0.115. The molecule has 0 aliphatic rings. The number of rotatable bonds is 4. The van der Waals surface area contributed by atoms with E-state index in [0.29, 0.717) is 0 Å². The molecule has 0 saturated carbocycles. The van der Waals surface area contributed by atoms with Crippen molar-refractivity contribution >= 4 is 25.2 Å². The third-order valence-electron chi connectivity index (χ3n) is 1.81. The van der Waals surface area contributed by atoms with Gasteiger partial charge >= 0.3 is 0 Å². The van der Waals surface area contributed by atoms with E-state index in [4.69, 9.17) is 0 Å². The summed E-state index contributed by atoms with van der Waals surface area (Å²) in [6.45, 7) is 0. The topological polar surface area (TPSA) is 71.4 Å². The molecule has 1 unspecified atom stereocenters. The van der Waals surface area contributed by atoms with E-state index in [1.165, 1.54) is 12.1 Å². The molecule has 4 nitrogen and oxygen atoms in total. The van der Waals surface area contributed by atoms with Crippen LogP contribution in [0.15, 0.2) is 30.3 Å². The van der Waals surface area contributed by atoms with Crippen molar-refractivity contribution in [1.29, 1.82) is 0 Å². The van der Waals surface area contributed by atoms with Crippen molar-refractivity contribution in [2.75, 3.05) is 0 Å². The van der Waals surface area contributed by atoms with Gasteiger partial charge in [0.2, 0.25) is 7.37 Å². The molecule has 0 amide bonds. The summed E-state index contributed by atoms with van der Waals surface area (Å²) in [4.78, 5) is 30.3. The second-order valence-corrected chi connectivity index (χ2v) is 5.08. The van der Waals surface area contributed by atoms with Crippen LogP contribution < -0.4 is 5.30 Å². The molecule has 0 aliphatic carbocycles. The first-order valence-electron chi connectivity index (χ1n) is 3.91. The van der Waals surface area contributed by atoms with Crippen LogP contribution in [0.1, 0.15) is 0 Å². The van der Waals surface area contributed by atoms with Crippen LogP contribution >= 0.6 is 7.37 Å². The molecule has 0 aromatic heterocycles. The fourth-order valence-electron chi connectivity index (χ4n) is 1.01. The number of aldehydes is 2. The largest absolute Gasteiger partial charge is 0.340 e. The monoisotopic (exact) mass is 212 g/mol. The maximum atomic E-state index is 11.7. The fraction of sp³-hybridized carbons (Fsp3) is 0.111. The predicted molar refractivity (Wildman–Crippen MR) is 51.8 cm³/mol. The molecule has 0 spiro atoms. The van der Waals surface area contributed by atoms with Gasteiger partial charge < -0.3 is 14.5 Å². The van der Waals surface area contributed by atoms with Gasteiger partial charge in [0, 0.05) is 5.30 Å². The van der Waals surface area contributed by atoms with Crippen LogP contribution in [0.4, 0.5) is 0 Å². The summed E-state index contributed by atoms with van der Waals surface area (Å²) in [5.74, 6) is 0. The standard InChI is InChI=1S/C9H9O4P/c10-6-9(7-11)14(12,13)8-4-2-1-3-5-8/h1-7,9H,(H,12,13). The van der Waals surface area contributed by atoms with Gasteiger partial charge in [0.1, 0.15) is 12.6 Å². The molecule has 1 aromatic rings. The number of hydrogen-bond acceptors (Lipinski definition) is 3. The zero-order valence-corrected chi connectivity index (χ0v) is 8.13. The van der Waals surface area contributed by atoms with Crippen molar-refractivity contribution in [3.63, 3.8) is 0 Å². The van der Waals surface area contributed by atoms with Gasteiger partial charge in [-0.25, -0.2) is 0 Å². The Morgan fingerprint density at radius 1 is 1.14 bits per heavy atom. The highest BCUT2D eigenvalue weighted by atomic mass is 31.2. The van der Waals surface area contributed by atoms with Crippen molar-refractivity contribution in [1.82, 2.24) is 0 Å². The summed E-state index contributed by atoms with van der Waals surface area (Å²) >= 11 is 0. The molecule has 1 aromatic carbocycles. The van der Waals surface area contributed by atoms with Crippen molar-refractivity contribution < 1.29 is 19.0 Å². The normalized spacial score (nSPS) is 14.7. The van der Waals surface area contributed by atoms with E-state index in [9.17, 15) is 19.0 Å². The Labute approximate surface area is 81.0 Å². The molecule has 14 heavy (non-hydrogen) atoms. The average molecular weight is 212 g/mol. The number of carbonyl (C=O) groups excluding carboxylic acids is 2. The molecule has 0 radical (unpaired) electrons. The maximum absolute atomic E-state index is 11.7. The van der Waals surface area contributed by atoms with Crippen molar-refractivity contribution in [2.45, 2.75) is 5.66 Å². The molecule has 0 fully saturated rings. The molecule has 1 rings (SSSR count). The van der Waals surface area contributed by atoms with E-state index >= 15 is 0 Å².